The molecule has 1 atom stereocenters. The molecule has 0 bridgehead atoms. The minimum absolute atomic E-state index is 0. The maximum Gasteiger partial charge on any atom is 0 e. The van der Waals surface area contributed by atoms with Gasteiger partial charge in [0, 0.05) is 8.41 Å². The Morgan fingerprint density at radius 3 is 1.00 bits per heavy atom. The first-order valence-electron chi connectivity index (χ1n) is 0. The SMILES string of the molecule is F.P.[B].[SiH4]. The Kier molecular flexibility index (Phi) is 2310. The van der Waals surface area contributed by atoms with E-state index in [1.807, 2.05) is 0 Å². The number of hydrogen-bond acceptors (Lipinski definition) is 0. The molecule has 0 aromatic carbocycles. The molecular weight excluding hydrogens is 88.9 g/mol. The molecule has 0 aliphatic carbocycles. The van der Waals surface area contributed by atoms with Crippen molar-refractivity contribution in [2.75, 3.05) is 0 Å². The highest BCUT2D eigenvalue weighted by atomic mass is 31.0. The zero-order valence-corrected chi connectivity index (χ0v) is 3.11. The van der Waals surface area contributed by atoms with Crippen LogP contribution in [-0.4, -0.2) is 19.4 Å². The van der Waals surface area contributed by atoms with Gasteiger partial charge in [0.05, 0.1) is 0 Å². The highest BCUT2D eigenvalue weighted by Gasteiger charge is 0.0000787. The van der Waals surface area contributed by atoms with Gasteiger partial charge >= 0.3 is 0 Å². The fourth-order valence-electron chi connectivity index (χ4n) is 0. The topological polar surface area (TPSA) is 0 Å². The molecule has 3 radical (unpaired) electrons. The first kappa shape index (κ1) is 149. The third-order valence-corrected chi connectivity index (χ3v) is 0. The summed E-state index contributed by atoms with van der Waals surface area (Å²) in [5.41, 5.74) is 0. The normalized spacial score (nSPS) is 0. The van der Waals surface area contributed by atoms with Gasteiger partial charge in [-0.1, -0.05) is 0 Å². The van der Waals surface area contributed by atoms with Gasteiger partial charge in [0.1, 0.15) is 0 Å². The van der Waals surface area contributed by atoms with Crippen molar-refractivity contribution in [1.29, 1.82) is 0 Å². The maximum atomic E-state index is 0. The highest BCUT2D eigenvalue weighted by Crippen LogP contribution is 0.861. The summed E-state index contributed by atoms with van der Waals surface area (Å²) in [6.07, 6.45) is 0. The Morgan fingerprint density at radius 1 is 1.00 bits per heavy atom. The summed E-state index contributed by atoms with van der Waals surface area (Å²) in [6, 6.07) is 0. The molecule has 0 N–H and O–H groups in total. The van der Waals surface area contributed by atoms with Crippen molar-refractivity contribution >= 4 is 29.3 Å². The molecule has 1 unspecified atom stereocenters. The summed E-state index contributed by atoms with van der Waals surface area (Å²) >= 11 is 0. The molecule has 0 aliphatic rings. The lowest BCUT2D eigenvalue weighted by Gasteiger charge is -0.269. The van der Waals surface area contributed by atoms with Gasteiger partial charge in [-0.15, -0.1) is 0 Å². The van der Waals surface area contributed by atoms with E-state index in [0.29, 0.717) is 0 Å². The average Bonchev–Trinajstić information content (AvgIpc) is 0. The second-order valence-electron chi connectivity index (χ2n) is 0. The van der Waals surface area contributed by atoms with Crippen LogP contribution in [0.25, 0.3) is 0 Å². The average molecular weight is 96.9 g/mol. The van der Waals surface area contributed by atoms with Gasteiger partial charge in [0.15, 0.2) is 0 Å². The predicted octanol–water partition coefficient (Wildman–Crippen LogP) is -1.62. The zero-order chi connectivity index (χ0) is 0. The van der Waals surface area contributed by atoms with Gasteiger partial charge in [-0.25, -0.2) is 0 Å². The zero-order valence-electron chi connectivity index (χ0n) is 1.69. The van der Waals surface area contributed by atoms with E-state index in [4.69, 9.17) is 0 Å². The largest absolute Gasteiger partial charge is 0.269 e. The second-order valence-corrected chi connectivity index (χ2v) is 0. The van der Waals surface area contributed by atoms with E-state index in [1.54, 1.807) is 0 Å². The van der Waals surface area contributed by atoms with Crippen LogP contribution >= 0.6 is 9.90 Å². The lowest BCUT2D eigenvalue weighted by molar-refractivity contribution is 1.11. The molecule has 0 aliphatic heterocycles. The van der Waals surface area contributed by atoms with Gasteiger partial charge in [-0.2, -0.15) is 9.90 Å². The number of hydrogen-bond donors (Lipinski definition) is 0. The Morgan fingerprint density at radius 2 is 1.00 bits per heavy atom. The molecule has 0 heterocycles. The van der Waals surface area contributed by atoms with Gasteiger partial charge in [0.25, 0.3) is 0 Å². The number of halogens is 1. The van der Waals surface area contributed by atoms with Crippen molar-refractivity contribution in [3.63, 3.8) is 0 Å². The van der Waals surface area contributed by atoms with Crippen LogP contribution in [0.15, 0.2) is 0 Å². The van der Waals surface area contributed by atoms with Crippen LogP contribution in [0.5, 0.6) is 0 Å². The van der Waals surface area contributed by atoms with Crippen LogP contribution in [0, 0.1) is 0 Å². The predicted molar refractivity (Wildman–Crippen MR) is 30.7 cm³/mol. The summed E-state index contributed by atoms with van der Waals surface area (Å²) in [7, 11) is 0. The van der Waals surface area contributed by atoms with Crippen LogP contribution in [-0.2, 0) is 0 Å². The van der Waals surface area contributed by atoms with Gasteiger partial charge < -0.3 is 0 Å². The first-order chi connectivity index (χ1) is 0. The van der Waals surface area contributed by atoms with Crippen molar-refractivity contribution in [2.24, 2.45) is 0 Å². The van der Waals surface area contributed by atoms with E-state index in [1.165, 1.54) is 0 Å². The van der Waals surface area contributed by atoms with Gasteiger partial charge in [0.2, 0.25) is 0 Å². The molecule has 4 heteroatoms. The van der Waals surface area contributed by atoms with E-state index in [-0.39, 0.29) is 34.0 Å². The van der Waals surface area contributed by atoms with E-state index >= 15 is 0 Å². The fraction of sp³-hybridized carbons (Fsp3) is 0. The maximum absolute atomic E-state index is 0. The minimum atomic E-state index is 0. The Labute approximate surface area is 34.9 Å². The standard InChI is InChI=1S/B.FH.H3P.H4Si/h;1H;1H3;1H4. The Balaban J connectivity index is 0. The third kappa shape index (κ3) is 17.3. The van der Waals surface area contributed by atoms with E-state index in [2.05, 4.69) is 0 Å². The molecule has 0 rings (SSSR count). The second kappa shape index (κ2) is 61.7. The molecule has 0 fully saturated rings. The highest BCUT2D eigenvalue weighted by molar-refractivity contribution is 6.92. The van der Waals surface area contributed by atoms with Crippen LogP contribution in [0.2, 0.25) is 0 Å². The van der Waals surface area contributed by atoms with E-state index < -0.39 is 0 Å². The molecule has 0 saturated carbocycles. The van der Waals surface area contributed by atoms with E-state index in [0.717, 1.165) is 0 Å². The monoisotopic (exact) mass is 97.0 g/mol. The third-order valence-electron chi connectivity index (χ3n) is 0. The summed E-state index contributed by atoms with van der Waals surface area (Å²) in [4.78, 5) is 0. The van der Waals surface area contributed by atoms with Crippen LogP contribution in [0.1, 0.15) is 0 Å². The van der Waals surface area contributed by atoms with Crippen molar-refractivity contribution in [1.82, 2.24) is 0 Å². The Hall–Kier alpha value is 0.642. The fourth-order valence-corrected chi connectivity index (χ4v) is 0. The molecular formula is H8BFPSi. The first-order valence-corrected chi connectivity index (χ1v) is 0. The molecule has 0 spiro atoms. The summed E-state index contributed by atoms with van der Waals surface area (Å²) in [6.45, 7) is 0. The van der Waals surface area contributed by atoms with Gasteiger partial charge in [-0.3, -0.25) is 4.70 Å². The Bertz CT molecular complexity index is 8.00. The van der Waals surface area contributed by atoms with Crippen LogP contribution in [0.4, 0.5) is 4.70 Å². The molecule has 0 saturated heterocycles. The minimum Gasteiger partial charge on any atom is -0.269 e. The summed E-state index contributed by atoms with van der Waals surface area (Å²) in [5.74, 6) is 0. The lowest BCUT2D eigenvalue weighted by Crippen LogP contribution is -0.382. The van der Waals surface area contributed by atoms with Crippen LogP contribution in [0.3, 0.4) is 0 Å². The number of rotatable bonds is 0. The molecule has 0 nitrogen and oxygen atoms in total. The van der Waals surface area contributed by atoms with Crippen molar-refractivity contribution in [3.05, 3.63) is 0 Å². The van der Waals surface area contributed by atoms with Crippen molar-refractivity contribution in [2.45, 2.75) is 0 Å². The quantitative estimate of drug-likeness (QED) is 0.251. The molecule has 4 heavy (non-hydrogen) atoms. The smallest absolute Gasteiger partial charge is 0 e. The van der Waals surface area contributed by atoms with Crippen LogP contribution < -0.4 is 0 Å². The molecule has 0 aromatic heterocycles. The van der Waals surface area contributed by atoms with Gasteiger partial charge in [-0.05, 0) is 11.0 Å². The molecule has 0 amide bonds. The summed E-state index contributed by atoms with van der Waals surface area (Å²) in [5, 5.41) is 0. The lowest BCUT2D eigenvalue weighted by atomic mass is 10.8. The van der Waals surface area contributed by atoms with Crippen molar-refractivity contribution < 1.29 is 4.70 Å². The molecule has 0 aromatic rings. The van der Waals surface area contributed by atoms with Crippen molar-refractivity contribution in [3.8, 4) is 0 Å². The van der Waals surface area contributed by atoms with E-state index in [9.17, 15) is 0 Å². The molecule has 27 valence electrons. The summed E-state index contributed by atoms with van der Waals surface area (Å²) < 4.78 is 0.